The first kappa shape index (κ1) is 11.7. The molecule has 0 radical (unpaired) electrons. The van der Waals surface area contributed by atoms with Crippen molar-refractivity contribution >= 4 is 12.4 Å². The van der Waals surface area contributed by atoms with E-state index < -0.39 is 0 Å². The van der Waals surface area contributed by atoms with Gasteiger partial charge in [0.2, 0.25) is 0 Å². The number of benzene rings is 1. The van der Waals surface area contributed by atoms with E-state index in [-0.39, 0.29) is 5.41 Å². The first-order valence-corrected chi connectivity index (χ1v) is 5.33. The molecule has 1 heteroatoms. The lowest BCUT2D eigenvalue weighted by Gasteiger charge is -2.25. The summed E-state index contributed by atoms with van der Waals surface area (Å²) in [6.07, 6.45) is 5.32. The van der Waals surface area contributed by atoms with Gasteiger partial charge in [-0.1, -0.05) is 51.1 Å². The van der Waals surface area contributed by atoms with Crippen LogP contribution in [0.1, 0.15) is 38.3 Å². The zero-order valence-electron chi connectivity index (χ0n) is 9.66. The molecule has 0 atom stereocenters. The van der Waals surface area contributed by atoms with Gasteiger partial charge in [0, 0.05) is 0 Å². The summed E-state index contributed by atoms with van der Waals surface area (Å²) in [5, 5.41) is 0. The predicted octanol–water partition coefficient (Wildman–Crippen LogP) is 3.59. The lowest BCUT2D eigenvalue weighted by Crippen LogP contribution is -2.16. The Hall–Kier alpha value is -1.37. The quantitative estimate of drug-likeness (QED) is 0.538. The molecule has 0 aromatic heterocycles. The van der Waals surface area contributed by atoms with Crippen molar-refractivity contribution in [3.05, 3.63) is 41.5 Å². The van der Waals surface area contributed by atoms with Gasteiger partial charge in [-0.2, -0.15) is 0 Å². The van der Waals surface area contributed by atoms with Crippen LogP contribution >= 0.6 is 0 Å². The van der Waals surface area contributed by atoms with Crippen molar-refractivity contribution in [3.63, 3.8) is 0 Å². The molecule has 1 rings (SSSR count). The Morgan fingerprint density at radius 2 is 1.93 bits per heavy atom. The van der Waals surface area contributed by atoms with Gasteiger partial charge in [-0.15, -0.1) is 0 Å². The van der Waals surface area contributed by atoms with E-state index in [0.717, 1.165) is 18.3 Å². The topological polar surface area (TPSA) is 17.1 Å². The van der Waals surface area contributed by atoms with E-state index in [1.54, 1.807) is 6.08 Å². The Kier molecular flexibility index (Phi) is 3.84. The van der Waals surface area contributed by atoms with Crippen molar-refractivity contribution in [3.8, 4) is 0 Å². The SMILES string of the molecule is CCC(C)(C)c1ccccc1/C=C/C=O. The zero-order valence-corrected chi connectivity index (χ0v) is 9.66. The summed E-state index contributed by atoms with van der Waals surface area (Å²) < 4.78 is 0. The maximum atomic E-state index is 10.3. The summed E-state index contributed by atoms with van der Waals surface area (Å²) in [6.45, 7) is 6.63. The maximum Gasteiger partial charge on any atom is 0.142 e. The molecule has 0 heterocycles. The van der Waals surface area contributed by atoms with E-state index >= 15 is 0 Å². The number of aldehydes is 1. The maximum absolute atomic E-state index is 10.3. The van der Waals surface area contributed by atoms with E-state index in [1.807, 2.05) is 24.3 Å². The molecule has 15 heavy (non-hydrogen) atoms. The summed E-state index contributed by atoms with van der Waals surface area (Å²) in [5.74, 6) is 0. The Morgan fingerprint density at radius 1 is 1.27 bits per heavy atom. The molecule has 0 spiro atoms. The van der Waals surface area contributed by atoms with Crippen LogP contribution in [0.5, 0.6) is 0 Å². The van der Waals surface area contributed by atoms with Gasteiger partial charge in [-0.05, 0) is 29.0 Å². The summed E-state index contributed by atoms with van der Waals surface area (Å²) in [7, 11) is 0. The Balaban J connectivity index is 3.17. The third-order valence-electron chi connectivity index (χ3n) is 2.93. The highest BCUT2D eigenvalue weighted by atomic mass is 16.1. The zero-order chi connectivity index (χ0) is 11.3. The molecule has 0 aliphatic rings. The van der Waals surface area contributed by atoms with Crippen molar-refractivity contribution in [2.24, 2.45) is 0 Å². The third kappa shape index (κ3) is 2.79. The van der Waals surface area contributed by atoms with Crippen LogP contribution in [0.2, 0.25) is 0 Å². The van der Waals surface area contributed by atoms with Gasteiger partial charge in [-0.3, -0.25) is 4.79 Å². The smallest absolute Gasteiger partial charge is 0.142 e. The highest BCUT2D eigenvalue weighted by Gasteiger charge is 2.19. The van der Waals surface area contributed by atoms with Gasteiger partial charge in [0.25, 0.3) is 0 Å². The molecule has 1 aromatic carbocycles. The van der Waals surface area contributed by atoms with Crippen LogP contribution in [0.15, 0.2) is 30.3 Å². The fraction of sp³-hybridized carbons (Fsp3) is 0.357. The van der Waals surface area contributed by atoms with Gasteiger partial charge in [0.1, 0.15) is 6.29 Å². The van der Waals surface area contributed by atoms with Gasteiger partial charge >= 0.3 is 0 Å². The molecule has 0 aliphatic heterocycles. The van der Waals surface area contributed by atoms with Gasteiger partial charge in [-0.25, -0.2) is 0 Å². The molecule has 0 saturated carbocycles. The lowest BCUT2D eigenvalue weighted by molar-refractivity contribution is -0.104. The highest BCUT2D eigenvalue weighted by Crippen LogP contribution is 2.29. The molecule has 80 valence electrons. The fourth-order valence-electron chi connectivity index (χ4n) is 1.59. The highest BCUT2D eigenvalue weighted by molar-refractivity contribution is 5.74. The monoisotopic (exact) mass is 202 g/mol. The molecular weight excluding hydrogens is 184 g/mol. The minimum absolute atomic E-state index is 0.157. The number of rotatable bonds is 4. The summed E-state index contributed by atoms with van der Waals surface area (Å²) in [4.78, 5) is 10.3. The molecule has 0 fully saturated rings. The average Bonchev–Trinajstić information content (AvgIpc) is 2.26. The number of hydrogen-bond donors (Lipinski definition) is 0. The second kappa shape index (κ2) is 4.92. The standard InChI is InChI=1S/C14H18O/c1-4-14(2,3)13-10-6-5-8-12(13)9-7-11-15/h5-11H,4H2,1-3H3/b9-7+. The van der Waals surface area contributed by atoms with Gasteiger partial charge < -0.3 is 0 Å². The molecule has 0 aliphatic carbocycles. The minimum atomic E-state index is 0.157. The van der Waals surface area contributed by atoms with Crippen LogP contribution in [0.25, 0.3) is 6.08 Å². The van der Waals surface area contributed by atoms with Crippen molar-refractivity contribution in [2.45, 2.75) is 32.6 Å². The largest absolute Gasteiger partial charge is 0.299 e. The summed E-state index contributed by atoms with van der Waals surface area (Å²) in [6, 6.07) is 8.23. The van der Waals surface area contributed by atoms with E-state index in [4.69, 9.17) is 0 Å². The number of carbonyl (C=O) groups excluding carboxylic acids is 1. The number of carbonyl (C=O) groups is 1. The van der Waals surface area contributed by atoms with Crippen LogP contribution in [0.4, 0.5) is 0 Å². The molecule has 0 bridgehead atoms. The minimum Gasteiger partial charge on any atom is -0.299 e. The molecule has 0 N–H and O–H groups in total. The van der Waals surface area contributed by atoms with Crippen molar-refractivity contribution in [2.75, 3.05) is 0 Å². The van der Waals surface area contributed by atoms with E-state index in [2.05, 4.69) is 26.8 Å². The van der Waals surface area contributed by atoms with Crippen molar-refractivity contribution in [1.29, 1.82) is 0 Å². The fourth-order valence-corrected chi connectivity index (χ4v) is 1.59. The molecule has 1 nitrogen and oxygen atoms in total. The van der Waals surface area contributed by atoms with Crippen molar-refractivity contribution in [1.82, 2.24) is 0 Å². The van der Waals surface area contributed by atoms with Crippen LogP contribution < -0.4 is 0 Å². The number of hydrogen-bond acceptors (Lipinski definition) is 1. The average molecular weight is 202 g/mol. The van der Waals surface area contributed by atoms with E-state index in [0.29, 0.717) is 0 Å². The Bertz CT molecular complexity index is 361. The summed E-state index contributed by atoms with van der Waals surface area (Å²) >= 11 is 0. The molecule has 0 saturated heterocycles. The molecule has 0 unspecified atom stereocenters. The van der Waals surface area contributed by atoms with Crippen LogP contribution in [-0.4, -0.2) is 6.29 Å². The molecular formula is C14H18O. The van der Waals surface area contributed by atoms with Crippen LogP contribution in [-0.2, 0) is 10.2 Å². The normalized spacial score (nSPS) is 11.9. The number of allylic oxidation sites excluding steroid dienone is 1. The van der Waals surface area contributed by atoms with Gasteiger partial charge in [0.15, 0.2) is 0 Å². The first-order valence-electron chi connectivity index (χ1n) is 5.33. The Morgan fingerprint density at radius 3 is 2.53 bits per heavy atom. The molecule has 1 aromatic rings. The van der Waals surface area contributed by atoms with E-state index in [1.165, 1.54) is 5.56 Å². The second-order valence-corrected chi connectivity index (χ2v) is 4.32. The van der Waals surface area contributed by atoms with E-state index in [9.17, 15) is 4.79 Å². The predicted molar refractivity (Wildman–Crippen MR) is 64.9 cm³/mol. The van der Waals surface area contributed by atoms with Crippen LogP contribution in [0, 0.1) is 0 Å². The second-order valence-electron chi connectivity index (χ2n) is 4.32. The third-order valence-corrected chi connectivity index (χ3v) is 2.93. The van der Waals surface area contributed by atoms with Crippen LogP contribution in [0.3, 0.4) is 0 Å². The Labute approximate surface area is 91.8 Å². The lowest BCUT2D eigenvalue weighted by atomic mass is 9.79. The van der Waals surface area contributed by atoms with Gasteiger partial charge in [0.05, 0.1) is 0 Å². The van der Waals surface area contributed by atoms with Crippen molar-refractivity contribution < 1.29 is 4.79 Å². The molecule has 0 amide bonds. The first-order chi connectivity index (χ1) is 7.11. The summed E-state index contributed by atoms with van der Waals surface area (Å²) in [5.41, 5.74) is 2.59.